The molecule has 2 saturated heterocycles. The van der Waals surface area contributed by atoms with E-state index in [0.29, 0.717) is 0 Å². The first-order chi connectivity index (χ1) is 12.2. The Morgan fingerprint density at radius 1 is 1.24 bits per heavy atom. The third kappa shape index (κ3) is 3.44. The first-order valence-electron chi connectivity index (χ1n) is 9.04. The highest BCUT2D eigenvalue weighted by Gasteiger charge is 2.37. The number of amides is 1. The SMILES string of the molecule is CN1C(=O)C(CN2CCCCC2)CC1C#Cc1cccc2c1NSN2. The second kappa shape index (κ2) is 7.19. The smallest absolute Gasteiger partial charge is 0.227 e. The van der Waals surface area contributed by atoms with Gasteiger partial charge in [0.25, 0.3) is 0 Å². The number of fused-ring (bicyclic) bond motifs is 1. The number of nitrogens with zero attached hydrogens (tertiary/aromatic N) is 2. The predicted octanol–water partition coefficient (Wildman–Crippen LogP) is 2.77. The number of piperidine rings is 1. The van der Waals surface area contributed by atoms with E-state index in [2.05, 4.69) is 26.2 Å². The molecule has 0 spiro atoms. The summed E-state index contributed by atoms with van der Waals surface area (Å²) in [5, 5.41) is 0. The minimum atomic E-state index is 0.0140. The molecular formula is C19H24N4OS. The van der Waals surface area contributed by atoms with Crippen molar-refractivity contribution in [2.45, 2.75) is 31.7 Å². The molecule has 0 bridgehead atoms. The van der Waals surface area contributed by atoms with Crippen molar-refractivity contribution < 1.29 is 4.79 Å². The Bertz CT molecular complexity index is 720. The molecule has 2 N–H and O–H groups in total. The van der Waals surface area contributed by atoms with Gasteiger partial charge in [-0.3, -0.25) is 4.79 Å². The number of hydrogen-bond donors (Lipinski definition) is 2. The normalized spacial score (nSPS) is 25.8. The molecule has 1 aromatic carbocycles. The van der Waals surface area contributed by atoms with Crippen LogP contribution in [0.15, 0.2) is 18.2 Å². The Hall–Kier alpha value is -1.84. The summed E-state index contributed by atoms with van der Waals surface area (Å²) >= 11 is 1.46. The Balaban J connectivity index is 1.45. The molecule has 132 valence electrons. The topological polar surface area (TPSA) is 47.6 Å². The van der Waals surface area contributed by atoms with Crippen LogP contribution in [0.4, 0.5) is 11.4 Å². The standard InChI is InChI=1S/C19H24N4OS/c1-22-16(9-8-14-6-5-7-17-18(14)21-25-20-17)12-15(19(22)24)13-23-10-3-2-4-11-23/h5-7,15-16,20-21H,2-4,10-13H2,1H3. The Labute approximate surface area is 153 Å². The monoisotopic (exact) mass is 356 g/mol. The number of nitrogens with one attached hydrogen (secondary N) is 2. The number of likely N-dealkylation sites (tertiary alicyclic amines) is 2. The van der Waals surface area contributed by atoms with Gasteiger partial charge in [0, 0.05) is 13.6 Å². The Kier molecular flexibility index (Phi) is 4.78. The van der Waals surface area contributed by atoms with E-state index in [1.807, 2.05) is 30.1 Å². The summed E-state index contributed by atoms with van der Waals surface area (Å²) in [5.74, 6) is 6.97. The van der Waals surface area contributed by atoms with Crippen molar-refractivity contribution in [3.05, 3.63) is 23.8 Å². The first-order valence-corrected chi connectivity index (χ1v) is 9.85. The molecule has 5 nitrogen and oxygen atoms in total. The lowest BCUT2D eigenvalue weighted by molar-refractivity contribution is -0.130. The van der Waals surface area contributed by atoms with Gasteiger partial charge in [-0.15, -0.1) is 0 Å². The average Bonchev–Trinajstić information content (AvgIpc) is 3.22. The van der Waals surface area contributed by atoms with Crippen LogP contribution in [0.3, 0.4) is 0 Å². The van der Waals surface area contributed by atoms with Gasteiger partial charge in [0.1, 0.15) is 0 Å². The minimum absolute atomic E-state index is 0.0140. The van der Waals surface area contributed by atoms with Crippen molar-refractivity contribution in [2.75, 3.05) is 36.1 Å². The average molecular weight is 356 g/mol. The fourth-order valence-electron chi connectivity index (χ4n) is 3.88. The van der Waals surface area contributed by atoms with E-state index in [9.17, 15) is 4.79 Å². The quantitative estimate of drug-likeness (QED) is 0.630. The van der Waals surface area contributed by atoms with Crippen molar-refractivity contribution in [1.82, 2.24) is 9.80 Å². The third-order valence-corrected chi connectivity index (χ3v) is 5.98. The number of hydrogen-bond acceptors (Lipinski definition) is 5. The molecule has 4 rings (SSSR count). The maximum Gasteiger partial charge on any atom is 0.227 e. The summed E-state index contributed by atoms with van der Waals surface area (Å²) in [7, 11) is 1.89. The summed E-state index contributed by atoms with van der Waals surface area (Å²) < 4.78 is 6.45. The summed E-state index contributed by atoms with van der Waals surface area (Å²) in [6, 6.07) is 6.08. The first kappa shape index (κ1) is 16.6. The second-order valence-corrected chi connectivity index (χ2v) is 7.67. The van der Waals surface area contributed by atoms with Crippen LogP contribution in [0, 0.1) is 17.8 Å². The Morgan fingerprint density at radius 2 is 2.08 bits per heavy atom. The van der Waals surface area contributed by atoms with Crippen LogP contribution >= 0.6 is 12.1 Å². The van der Waals surface area contributed by atoms with E-state index < -0.39 is 0 Å². The molecule has 2 unspecified atom stereocenters. The van der Waals surface area contributed by atoms with Crippen LogP contribution in [0.5, 0.6) is 0 Å². The van der Waals surface area contributed by atoms with Crippen molar-refractivity contribution in [3.63, 3.8) is 0 Å². The van der Waals surface area contributed by atoms with Gasteiger partial charge < -0.3 is 19.2 Å². The molecule has 25 heavy (non-hydrogen) atoms. The van der Waals surface area contributed by atoms with Gasteiger partial charge in [-0.2, -0.15) is 0 Å². The fourth-order valence-corrected chi connectivity index (χ4v) is 4.53. The lowest BCUT2D eigenvalue weighted by Crippen LogP contribution is -2.37. The van der Waals surface area contributed by atoms with E-state index in [1.54, 1.807) is 0 Å². The molecule has 3 heterocycles. The van der Waals surface area contributed by atoms with Crippen molar-refractivity contribution >= 4 is 29.4 Å². The van der Waals surface area contributed by atoms with Gasteiger partial charge >= 0.3 is 0 Å². The highest BCUT2D eigenvalue weighted by molar-refractivity contribution is 8.02. The van der Waals surface area contributed by atoms with Crippen molar-refractivity contribution in [1.29, 1.82) is 0 Å². The fraction of sp³-hybridized carbons (Fsp3) is 0.526. The van der Waals surface area contributed by atoms with Crippen molar-refractivity contribution in [2.24, 2.45) is 5.92 Å². The molecule has 2 atom stereocenters. The summed E-state index contributed by atoms with van der Waals surface area (Å²) in [6.07, 6.45) is 4.69. The zero-order valence-corrected chi connectivity index (χ0v) is 15.4. The number of anilines is 2. The summed E-state index contributed by atoms with van der Waals surface area (Å²) in [5.41, 5.74) is 3.09. The second-order valence-electron chi connectivity index (χ2n) is 7.06. The number of rotatable bonds is 2. The minimum Gasteiger partial charge on any atom is -0.332 e. The van der Waals surface area contributed by atoms with E-state index in [-0.39, 0.29) is 17.9 Å². The molecule has 0 saturated carbocycles. The third-order valence-electron chi connectivity index (χ3n) is 5.35. The van der Waals surface area contributed by atoms with Gasteiger partial charge in [-0.1, -0.05) is 24.3 Å². The molecule has 1 amide bonds. The lowest BCUT2D eigenvalue weighted by Gasteiger charge is -2.28. The largest absolute Gasteiger partial charge is 0.332 e. The number of carbonyl (C=O) groups is 1. The zero-order valence-electron chi connectivity index (χ0n) is 14.5. The van der Waals surface area contributed by atoms with Gasteiger partial charge in [0.2, 0.25) is 5.91 Å². The predicted molar refractivity (Wildman–Crippen MR) is 103 cm³/mol. The molecule has 2 fully saturated rings. The highest BCUT2D eigenvalue weighted by atomic mass is 32.2. The van der Waals surface area contributed by atoms with Crippen LogP contribution in [-0.2, 0) is 4.79 Å². The number of benzene rings is 1. The van der Waals surface area contributed by atoms with E-state index in [0.717, 1.165) is 43.0 Å². The van der Waals surface area contributed by atoms with Gasteiger partial charge in [0.05, 0.1) is 41.0 Å². The Morgan fingerprint density at radius 3 is 2.92 bits per heavy atom. The number of carbonyl (C=O) groups excluding carboxylic acids is 1. The molecule has 0 aromatic heterocycles. The summed E-state index contributed by atoms with van der Waals surface area (Å²) in [4.78, 5) is 16.9. The van der Waals surface area contributed by atoms with Crippen LogP contribution < -0.4 is 9.44 Å². The zero-order chi connectivity index (χ0) is 17.2. The van der Waals surface area contributed by atoms with Crippen LogP contribution in [-0.4, -0.2) is 48.4 Å². The van der Waals surface area contributed by atoms with Gasteiger partial charge in [0.15, 0.2) is 0 Å². The molecular weight excluding hydrogens is 332 g/mol. The lowest BCUT2D eigenvalue weighted by atomic mass is 10.0. The van der Waals surface area contributed by atoms with E-state index >= 15 is 0 Å². The van der Waals surface area contributed by atoms with E-state index in [1.165, 1.54) is 31.4 Å². The maximum absolute atomic E-state index is 12.6. The van der Waals surface area contributed by atoms with Crippen LogP contribution in [0.25, 0.3) is 0 Å². The molecule has 0 radical (unpaired) electrons. The van der Waals surface area contributed by atoms with Crippen LogP contribution in [0.1, 0.15) is 31.2 Å². The maximum atomic E-state index is 12.6. The molecule has 0 aliphatic carbocycles. The molecule has 3 aliphatic heterocycles. The molecule has 3 aliphatic rings. The van der Waals surface area contributed by atoms with Gasteiger partial charge in [-0.05, 0) is 44.5 Å². The highest BCUT2D eigenvalue weighted by Crippen LogP contribution is 2.35. The summed E-state index contributed by atoms with van der Waals surface area (Å²) in [6.45, 7) is 3.16. The number of para-hydroxylation sites is 1. The van der Waals surface area contributed by atoms with Crippen molar-refractivity contribution in [3.8, 4) is 11.8 Å². The molecule has 6 heteroatoms. The molecule has 1 aromatic rings. The van der Waals surface area contributed by atoms with Gasteiger partial charge in [-0.25, -0.2) is 0 Å². The van der Waals surface area contributed by atoms with Crippen LogP contribution in [0.2, 0.25) is 0 Å². The van der Waals surface area contributed by atoms with E-state index in [4.69, 9.17) is 0 Å².